The second-order valence-corrected chi connectivity index (χ2v) is 40.0. The molecular formula is C124H146Cl2N18O5. The topological polar surface area (TPSA) is 235 Å². The predicted octanol–water partition coefficient (Wildman–Crippen LogP) is 18.9. The van der Waals surface area contributed by atoms with Gasteiger partial charge in [0.25, 0.3) is 11.8 Å². The van der Waals surface area contributed by atoms with Crippen molar-refractivity contribution in [3.8, 4) is 18.1 Å². The van der Waals surface area contributed by atoms with Crippen molar-refractivity contribution in [1.29, 1.82) is 0 Å². The second kappa shape index (κ2) is 55.2. The number of hydrazine groups is 2. The number of halogens is 2. The fraction of sp³-hybridized carbons (Fsp3) is 0.331. The van der Waals surface area contributed by atoms with E-state index in [1.165, 1.54) is 112 Å². The van der Waals surface area contributed by atoms with Crippen LogP contribution in [0.1, 0.15) is 154 Å². The van der Waals surface area contributed by atoms with Crippen LogP contribution < -0.4 is 47.7 Å². The maximum absolute atomic E-state index is 11.8. The molecule has 149 heavy (non-hydrogen) atoms. The SMILES string of the molecule is C#CCN(C)[C@H](C)Cc1ccccc1.CN1CCC2=C(C1)c1ccccc1Cc1ccccc12.CN1CCN2c3ccccc3Cc3ccccc3C2C1.CN1CCN2c3ncccc3Cc3ccccc3C2C1.COc1ccc2c(c1)c1c3n2CCN(C)C3=NCC1.Cc1cc(C(=O)NNCc2ccccc2)no1.Cl.NNCCc1ccccc1.N[C@@H]1C[C@H]1c1ccccc1.O=C(NCCN1CCOCC1)c1ccc(Cl)cc1. The number of likely N-dealkylation sites (N-methyl/N-ethyl adjacent to an activating group) is 5. The quantitative estimate of drug-likeness (QED) is 0.0282. The molecule has 11 heterocycles. The zero-order valence-electron chi connectivity index (χ0n) is 87.6. The van der Waals surface area contributed by atoms with Gasteiger partial charge < -0.3 is 59.0 Å². The average Bonchev–Trinajstić information content (AvgIpc) is 1.58. The van der Waals surface area contributed by atoms with Crippen LogP contribution in [0.2, 0.25) is 5.02 Å². The lowest BCUT2D eigenvalue weighted by atomic mass is 9.89. The van der Waals surface area contributed by atoms with Crippen molar-refractivity contribution in [1.82, 2.24) is 65.7 Å². The van der Waals surface area contributed by atoms with Gasteiger partial charge in [-0.1, -0.05) is 265 Å². The van der Waals surface area contributed by atoms with Gasteiger partial charge in [0.05, 0.1) is 44.6 Å². The number of ether oxygens (including phenoxy) is 2. The zero-order valence-corrected chi connectivity index (χ0v) is 89.1. The number of nitrogens with zero attached hydrogens (tertiary/aromatic N) is 12. The number of morpholine rings is 1. The van der Waals surface area contributed by atoms with Crippen LogP contribution in [0.5, 0.6) is 5.75 Å². The Bertz CT molecular complexity index is 6620. The first kappa shape index (κ1) is 110. The van der Waals surface area contributed by atoms with E-state index >= 15 is 0 Å². The Morgan fingerprint density at radius 2 is 1.16 bits per heavy atom. The first-order valence-corrected chi connectivity index (χ1v) is 52.6. The number of aliphatic imine (C=N–C) groups is 1. The molecule has 8 N–H and O–H groups in total. The number of nitrogens with one attached hydrogen (secondary N) is 4. The Labute approximate surface area is 892 Å². The van der Waals surface area contributed by atoms with E-state index in [9.17, 15) is 9.59 Å². The largest absolute Gasteiger partial charge is 0.497 e. The van der Waals surface area contributed by atoms with Crippen LogP contribution in [0.3, 0.4) is 0 Å². The highest BCUT2D eigenvalue weighted by Gasteiger charge is 2.37. The molecule has 0 radical (unpaired) electrons. The number of carbonyl (C=O) groups is 2. The van der Waals surface area contributed by atoms with E-state index in [0.717, 1.165) is 173 Å². The number of anilines is 2. The van der Waals surface area contributed by atoms with Crippen molar-refractivity contribution < 1.29 is 23.6 Å². The molecule has 5 atom stereocenters. The number of aromatic nitrogens is 3. The second-order valence-electron chi connectivity index (χ2n) is 39.6. The molecule has 0 spiro atoms. The summed E-state index contributed by atoms with van der Waals surface area (Å²) in [5.74, 6) is 12.0. The third-order valence-corrected chi connectivity index (χ3v) is 29.3. The molecule has 0 bridgehead atoms. The van der Waals surface area contributed by atoms with Crippen LogP contribution in [0.4, 0.5) is 11.5 Å². The summed E-state index contributed by atoms with van der Waals surface area (Å²) in [5.41, 5.74) is 43.0. The molecule has 24 rings (SSSR count). The smallest absolute Gasteiger partial charge is 0.287 e. The van der Waals surface area contributed by atoms with Gasteiger partial charge in [-0.25, -0.2) is 10.4 Å². The highest BCUT2D eigenvalue weighted by Crippen LogP contribution is 2.44. The Hall–Kier alpha value is -13.4. The Balaban J connectivity index is 0.000000126. The van der Waals surface area contributed by atoms with Crippen LogP contribution in [0.15, 0.2) is 319 Å². The van der Waals surface area contributed by atoms with E-state index in [2.05, 4.69) is 330 Å². The number of para-hydroxylation sites is 1. The monoisotopic (exact) mass is 2040 g/mol. The predicted molar refractivity (Wildman–Crippen MR) is 611 cm³/mol. The van der Waals surface area contributed by atoms with Crippen molar-refractivity contribution in [2.24, 2.45) is 16.6 Å². The molecule has 8 aliphatic heterocycles. The molecule has 2 unspecified atom stereocenters. The van der Waals surface area contributed by atoms with Gasteiger partial charge in [0, 0.05) is 182 Å². The summed E-state index contributed by atoms with van der Waals surface area (Å²) >= 11 is 5.77. The van der Waals surface area contributed by atoms with Crippen LogP contribution in [-0.2, 0) is 56.4 Å². The minimum atomic E-state index is -0.308. The molecule has 776 valence electrons. The molecular weight excluding hydrogens is 1890 g/mol. The number of nitrogens with two attached hydrogens (primary N) is 2. The van der Waals surface area contributed by atoms with Crippen LogP contribution in [0.25, 0.3) is 22.0 Å². The molecule has 3 saturated heterocycles. The lowest BCUT2D eigenvalue weighted by molar-refractivity contribution is 0.0383. The molecule has 23 nitrogen and oxygen atoms in total. The number of aryl methyl sites for hydroxylation is 1. The summed E-state index contributed by atoms with van der Waals surface area (Å²) in [7, 11) is 12.6. The van der Waals surface area contributed by atoms with E-state index < -0.39 is 0 Å². The van der Waals surface area contributed by atoms with Gasteiger partial charge >= 0.3 is 0 Å². The van der Waals surface area contributed by atoms with E-state index in [1.54, 1.807) is 55.5 Å². The van der Waals surface area contributed by atoms with Crippen LogP contribution in [-0.4, -0.2) is 234 Å². The number of benzene rings is 11. The normalized spacial score (nSPS) is 17.4. The van der Waals surface area contributed by atoms with Gasteiger partial charge in [-0.3, -0.25) is 41.1 Å². The van der Waals surface area contributed by atoms with Gasteiger partial charge in [-0.2, -0.15) is 0 Å². The minimum absolute atomic E-state index is 0. The van der Waals surface area contributed by atoms with Gasteiger partial charge in [-0.15, -0.1) is 18.8 Å². The van der Waals surface area contributed by atoms with Crippen LogP contribution in [0, 0.1) is 19.3 Å². The number of hydrogen-bond donors (Lipinski definition) is 6. The summed E-state index contributed by atoms with van der Waals surface area (Å²) in [5, 5.41) is 8.48. The number of piperazine rings is 2. The molecule has 4 fully saturated rings. The van der Waals surface area contributed by atoms with E-state index in [-0.39, 0.29) is 29.9 Å². The van der Waals surface area contributed by atoms with Crippen molar-refractivity contribution in [2.75, 3.05) is 170 Å². The highest BCUT2D eigenvalue weighted by atomic mass is 35.5. The number of fused-ring (bicyclic) bond motifs is 17. The van der Waals surface area contributed by atoms with Crippen LogP contribution >= 0.6 is 24.0 Å². The Kier molecular flexibility index (Phi) is 40.7. The lowest BCUT2D eigenvalue weighted by Crippen LogP contribution is -2.47. The number of amides is 2. The third-order valence-electron chi connectivity index (χ3n) is 29.1. The summed E-state index contributed by atoms with van der Waals surface area (Å²) in [6.45, 7) is 22.8. The molecule has 3 aromatic heterocycles. The first-order chi connectivity index (χ1) is 72.3. The molecule has 25 heteroatoms. The zero-order chi connectivity index (χ0) is 103. The molecule has 11 aromatic carbocycles. The Morgan fingerprint density at radius 3 is 1.79 bits per heavy atom. The Morgan fingerprint density at radius 1 is 0.591 bits per heavy atom. The molecule has 14 aromatic rings. The van der Waals surface area contributed by atoms with Crippen molar-refractivity contribution >= 4 is 75.2 Å². The maximum Gasteiger partial charge on any atom is 0.287 e. The fourth-order valence-corrected chi connectivity index (χ4v) is 20.9. The number of terminal acetylenes is 1. The number of hydrogen-bond acceptors (Lipinski definition) is 20. The van der Waals surface area contributed by atoms with E-state index in [1.807, 2.05) is 72.9 Å². The number of methoxy groups -OCH3 is 1. The molecule has 10 aliphatic rings. The van der Waals surface area contributed by atoms with E-state index in [4.69, 9.17) is 48.6 Å². The lowest BCUT2D eigenvalue weighted by Gasteiger charge is -2.41. The first-order valence-electron chi connectivity index (χ1n) is 52.2. The summed E-state index contributed by atoms with van der Waals surface area (Å²) in [4.78, 5) is 51.9. The molecule has 2 amide bonds. The molecule has 2 aliphatic carbocycles. The van der Waals surface area contributed by atoms with Gasteiger partial charge in [0.15, 0.2) is 5.69 Å². The van der Waals surface area contributed by atoms with Crippen molar-refractivity contribution in [3.05, 3.63) is 421 Å². The summed E-state index contributed by atoms with van der Waals surface area (Å²) in [6, 6.07) is 107. The number of rotatable bonds is 17. The minimum Gasteiger partial charge on any atom is -0.497 e. The van der Waals surface area contributed by atoms with Gasteiger partial charge in [0.1, 0.15) is 23.2 Å². The molecule has 1 saturated carbocycles. The standard InChI is InChI=1S/C19H19N.C18H20N2.C17H19N3.C15H17N3O.C13H17ClN2O2.C13H17N.C12H13N3O2.C9H11N.C8H12N2.ClH/c1-20-11-10-18-16-8-4-2-6-14(16)12-15-7-3-5-9-17(15)19(18)13-20;1-19-10-11-20-17-9-5-3-7-15(17)12-14-6-2-4-8-16(14)18(20)13-19;1-19-9-10-20-16(12-19)15-7-3-2-5-13(15)11-14-6-4-8-18-17(14)20;1-17-7-8-18-13-4-3-10(19-2)9-12(13)11-5-6-16-15(17)14(11)18;14-12-3-1-11(2-4-12)13(17)15-5-6-16-7-9-18-10-8-16;1-4-10-14(3)12(2)11-13-8-6-5-7-9-13;1-9-7-11(15-17-9)12(16)14-13-8-10-5-3-2-4-6-10;10-9-6-8(9)7-4-2-1-3-5-7;9-10-7-6-8-4-2-1-3-5-8;/h2-9H,10-13H2,1H3;2-9,18H,10-13H2,1H3;2-8,16H,9-12H2,1H3;3-4,9H,5-8H2,1-2H3;1-4H,5-10H2,(H,15,17);1,5-9,12H,10-11H2,2-3H3;2-7,13H,8H2,1H3,(H,14,16);1-5,8-9H,6,10H2;1-5,10H,6-7,9H2;1H/t;;;;;12-;;8-,9+;;/m.....1.0../s1. The highest BCUT2D eigenvalue weighted by molar-refractivity contribution is 6.30. The third kappa shape index (κ3) is 29.8. The summed E-state index contributed by atoms with van der Waals surface area (Å²) < 4.78 is 17.9. The number of pyridine rings is 1. The van der Waals surface area contributed by atoms with Gasteiger partial charge in [-0.05, 0) is 236 Å². The number of amidine groups is 1. The van der Waals surface area contributed by atoms with Crippen molar-refractivity contribution in [2.45, 2.75) is 108 Å². The summed E-state index contributed by atoms with van der Waals surface area (Å²) in [6.07, 6.45) is 15.7. The van der Waals surface area contributed by atoms with Gasteiger partial charge in [0.2, 0.25) is 0 Å². The average molecular weight is 2040 g/mol. The van der Waals surface area contributed by atoms with E-state index in [0.29, 0.717) is 66.1 Å². The fourth-order valence-electron chi connectivity index (χ4n) is 20.8. The number of carbonyl (C=O) groups excluding carboxylic acids is 2. The maximum atomic E-state index is 11.8. The van der Waals surface area contributed by atoms with Crippen molar-refractivity contribution in [3.63, 3.8) is 0 Å².